The Hall–Kier alpha value is -3.00. The quantitative estimate of drug-likeness (QED) is 0.747. The highest BCUT2D eigenvalue weighted by Crippen LogP contribution is 2.28. The van der Waals surface area contributed by atoms with E-state index in [1.165, 1.54) is 0 Å². The largest absolute Gasteiger partial charge is 0.480 e. The molecule has 1 unspecified atom stereocenters. The van der Waals surface area contributed by atoms with Crippen molar-refractivity contribution in [2.24, 2.45) is 0 Å². The minimum absolute atomic E-state index is 0.413. The first-order valence-corrected chi connectivity index (χ1v) is 7.68. The molecule has 1 atom stereocenters. The van der Waals surface area contributed by atoms with E-state index in [0.29, 0.717) is 18.8 Å². The molecule has 2 N–H and O–H groups in total. The van der Waals surface area contributed by atoms with Crippen LogP contribution in [-0.2, 0) is 17.8 Å². The fraction of sp³-hybridized carbons (Fsp3) is 0.250. The minimum Gasteiger partial charge on any atom is -0.480 e. The van der Waals surface area contributed by atoms with Gasteiger partial charge in [-0.25, -0.2) is 9.67 Å². The number of nitrogens with zero attached hydrogens (tertiary/aromatic N) is 5. The van der Waals surface area contributed by atoms with Crippen LogP contribution in [0.15, 0.2) is 42.9 Å². The summed E-state index contributed by atoms with van der Waals surface area (Å²) in [4.78, 5) is 20.8. The molecule has 0 radical (unpaired) electrons. The predicted molar refractivity (Wildman–Crippen MR) is 84.4 cm³/mol. The summed E-state index contributed by atoms with van der Waals surface area (Å²) in [5.41, 5.74) is 3.12. The minimum atomic E-state index is -0.904. The Morgan fingerprint density at radius 3 is 2.96 bits per heavy atom. The van der Waals surface area contributed by atoms with Crippen molar-refractivity contribution in [1.82, 2.24) is 29.9 Å². The zero-order valence-electron chi connectivity index (χ0n) is 12.8. The van der Waals surface area contributed by atoms with Crippen LogP contribution in [0.1, 0.15) is 23.1 Å². The Kier molecular flexibility index (Phi) is 3.58. The van der Waals surface area contributed by atoms with Crippen LogP contribution >= 0.6 is 0 Å². The van der Waals surface area contributed by atoms with Gasteiger partial charge >= 0.3 is 5.97 Å². The van der Waals surface area contributed by atoms with E-state index < -0.39 is 12.0 Å². The van der Waals surface area contributed by atoms with E-state index in [1.807, 2.05) is 41.4 Å². The fourth-order valence-corrected chi connectivity index (χ4v) is 3.05. The van der Waals surface area contributed by atoms with E-state index in [9.17, 15) is 9.90 Å². The van der Waals surface area contributed by atoms with Crippen LogP contribution in [0, 0.1) is 0 Å². The molecule has 3 heterocycles. The van der Waals surface area contributed by atoms with Crippen molar-refractivity contribution in [3.05, 3.63) is 59.9 Å². The van der Waals surface area contributed by atoms with E-state index in [4.69, 9.17) is 0 Å². The van der Waals surface area contributed by atoms with Crippen molar-refractivity contribution in [3.8, 4) is 5.69 Å². The first-order valence-electron chi connectivity index (χ1n) is 7.68. The first kappa shape index (κ1) is 14.6. The van der Waals surface area contributed by atoms with Crippen molar-refractivity contribution in [2.75, 3.05) is 6.54 Å². The molecule has 1 aliphatic heterocycles. The van der Waals surface area contributed by atoms with Crippen LogP contribution in [-0.4, -0.2) is 47.5 Å². The van der Waals surface area contributed by atoms with Gasteiger partial charge in [-0.15, -0.1) is 5.10 Å². The number of hydrogen-bond acceptors (Lipinski definition) is 5. The Balaban J connectivity index is 1.57. The number of carboxylic acids is 1. The lowest BCUT2D eigenvalue weighted by molar-refractivity contribution is -0.144. The molecule has 8 heteroatoms. The van der Waals surface area contributed by atoms with Gasteiger partial charge < -0.3 is 10.1 Å². The number of H-pyrrole nitrogens is 1. The Bertz CT molecular complexity index is 856. The summed E-state index contributed by atoms with van der Waals surface area (Å²) in [5, 5.41) is 17.9. The highest BCUT2D eigenvalue weighted by molar-refractivity contribution is 5.75. The number of aliphatic carboxylic acids is 1. The van der Waals surface area contributed by atoms with Crippen LogP contribution in [0.2, 0.25) is 0 Å². The van der Waals surface area contributed by atoms with Crippen LogP contribution in [0.25, 0.3) is 5.69 Å². The number of rotatable bonds is 4. The van der Waals surface area contributed by atoms with E-state index >= 15 is 0 Å². The molecule has 0 aliphatic carbocycles. The number of carbonyl (C=O) groups is 1. The second kappa shape index (κ2) is 5.89. The topological polar surface area (TPSA) is 99.9 Å². The van der Waals surface area contributed by atoms with Crippen molar-refractivity contribution >= 4 is 5.97 Å². The first-order chi connectivity index (χ1) is 11.7. The van der Waals surface area contributed by atoms with Gasteiger partial charge in [-0.2, -0.15) is 0 Å². The summed E-state index contributed by atoms with van der Waals surface area (Å²) in [7, 11) is 0. The number of hydrogen-bond donors (Lipinski definition) is 2. The van der Waals surface area contributed by atoms with Gasteiger partial charge in [-0.3, -0.25) is 9.69 Å². The lowest BCUT2D eigenvalue weighted by Gasteiger charge is -2.31. The molecule has 1 aliphatic rings. The molecule has 1 aromatic carbocycles. The number of imidazole rings is 1. The normalized spacial score (nSPS) is 17.6. The molecule has 0 bridgehead atoms. The molecule has 0 saturated heterocycles. The Morgan fingerprint density at radius 1 is 1.33 bits per heavy atom. The van der Waals surface area contributed by atoms with Crippen molar-refractivity contribution in [3.63, 3.8) is 0 Å². The molecular weight excluding hydrogens is 308 g/mol. The second-order valence-corrected chi connectivity index (χ2v) is 5.72. The molecule has 0 spiro atoms. The van der Waals surface area contributed by atoms with Crippen LogP contribution in [0.3, 0.4) is 0 Å². The smallest absolute Gasteiger partial charge is 0.327 e. The number of nitrogens with one attached hydrogen (secondary N) is 1. The van der Waals surface area contributed by atoms with Gasteiger partial charge in [-0.05, 0) is 12.1 Å². The number of aromatic amines is 1. The molecule has 2 aromatic heterocycles. The monoisotopic (exact) mass is 324 g/mol. The summed E-state index contributed by atoms with van der Waals surface area (Å²) in [6, 6.07) is 8.92. The molecule has 8 nitrogen and oxygen atoms in total. The van der Waals surface area contributed by atoms with Crippen molar-refractivity contribution in [1.29, 1.82) is 0 Å². The van der Waals surface area contributed by atoms with Gasteiger partial charge in [-0.1, -0.05) is 23.4 Å². The zero-order valence-corrected chi connectivity index (χ0v) is 12.8. The molecule has 3 aromatic rings. The molecule has 4 rings (SSSR count). The van der Waals surface area contributed by atoms with Crippen molar-refractivity contribution in [2.45, 2.75) is 19.0 Å². The average Bonchev–Trinajstić information content (AvgIpc) is 3.24. The van der Waals surface area contributed by atoms with Gasteiger partial charge in [0.1, 0.15) is 0 Å². The molecule has 24 heavy (non-hydrogen) atoms. The summed E-state index contributed by atoms with van der Waals surface area (Å²) in [6.45, 7) is 1.04. The van der Waals surface area contributed by atoms with Crippen molar-refractivity contribution < 1.29 is 9.90 Å². The third kappa shape index (κ3) is 2.56. The van der Waals surface area contributed by atoms with Crippen LogP contribution in [0.4, 0.5) is 0 Å². The standard InChI is InChI=1S/C16H16N6O2/c23-16(24)15-14-13(17-10-18-14)6-7-21(15)8-11-9-22(20-19-11)12-4-2-1-3-5-12/h1-5,9-10,15H,6-8H2,(H,17,18)(H,23,24). The summed E-state index contributed by atoms with van der Waals surface area (Å²) in [5.74, 6) is -0.904. The Labute approximate surface area is 137 Å². The second-order valence-electron chi connectivity index (χ2n) is 5.72. The maximum atomic E-state index is 11.7. The van der Waals surface area contributed by atoms with Gasteiger partial charge in [0.05, 0.1) is 29.6 Å². The summed E-state index contributed by atoms with van der Waals surface area (Å²) < 4.78 is 1.69. The number of para-hydroxylation sites is 1. The molecule has 0 saturated carbocycles. The number of carboxylic acid groups (broad SMARTS) is 1. The van der Waals surface area contributed by atoms with Gasteiger partial charge in [0, 0.05) is 25.2 Å². The number of aromatic nitrogens is 5. The molecular formula is C16H16N6O2. The summed E-state index contributed by atoms with van der Waals surface area (Å²) >= 11 is 0. The highest BCUT2D eigenvalue weighted by atomic mass is 16.4. The number of fused-ring (bicyclic) bond motifs is 1. The molecule has 122 valence electrons. The SMILES string of the molecule is O=C(O)C1c2nc[nH]c2CCN1Cc1cn(-c2ccccc2)nn1. The number of benzene rings is 1. The third-order valence-electron chi connectivity index (χ3n) is 4.19. The highest BCUT2D eigenvalue weighted by Gasteiger charge is 2.35. The van der Waals surface area contributed by atoms with E-state index in [0.717, 1.165) is 23.5 Å². The van der Waals surface area contributed by atoms with Gasteiger partial charge in [0.25, 0.3) is 0 Å². The van der Waals surface area contributed by atoms with Gasteiger partial charge in [0.2, 0.25) is 0 Å². The van der Waals surface area contributed by atoms with E-state index in [-0.39, 0.29) is 0 Å². The average molecular weight is 324 g/mol. The molecule has 0 amide bonds. The lowest BCUT2D eigenvalue weighted by atomic mass is 10.0. The van der Waals surface area contributed by atoms with E-state index in [1.54, 1.807) is 11.0 Å². The Morgan fingerprint density at radius 2 is 2.17 bits per heavy atom. The maximum absolute atomic E-state index is 11.7. The maximum Gasteiger partial charge on any atom is 0.327 e. The van der Waals surface area contributed by atoms with Crippen LogP contribution in [0.5, 0.6) is 0 Å². The third-order valence-corrected chi connectivity index (χ3v) is 4.19. The van der Waals surface area contributed by atoms with Crippen LogP contribution < -0.4 is 0 Å². The lowest BCUT2D eigenvalue weighted by Crippen LogP contribution is -2.39. The molecule has 0 fully saturated rings. The zero-order chi connectivity index (χ0) is 16.5. The van der Waals surface area contributed by atoms with Gasteiger partial charge in [0.15, 0.2) is 6.04 Å². The predicted octanol–water partition coefficient (Wildman–Crippen LogP) is 1.17. The van der Waals surface area contributed by atoms with E-state index in [2.05, 4.69) is 20.3 Å². The summed E-state index contributed by atoms with van der Waals surface area (Å²) in [6.07, 6.45) is 4.12. The fourth-order valence-electron chi connectivity index (χ4n) is 3.05.